The summed E-state index contributed by atoms with van der Waals surface area (Å²) in [5, 5.41) is 9.73. The highest BCUT2D eigenvalue weighted by molar-refractivity contribution is 5.27. The molecule has 0 fully saturated rings. The van der Waals surface area contributed by atoms with Crippen LogP contribution in [0, 0.1) is 11.7 Å². The van der Waals surface area contributed by atoms with Crippen molar-refractivity contribution in [3.63, 3.8) is 0 Å². The number of benzene rings is 2. The molecule has 0 saturated heterocycles. The van der Waals surface area contributed by atoms with Crippen LogP contribution in [-0.2, 0) is 6.54 Å². The number of rotatable bonds is 4. The van der Waals surface area contributed by atoms with Gasteiger partial charge in [0.1, 0.15) is 5.82 Å². The largest absolute Gasteiger partial charge is 0.396 e. The van der Waals surface area contributed by atoms with Crippen molar-refractivity contribution in [2.75, 3.05) is 13.2 Å². The maximum Gasteiger partial charge on any atom is 0.123 e. The Bertz CT molecular complexity index is 624. The van der Waals surface area contributed by atoms with Crippen molar-refractivity contribution in [2.45, 2.75) is 12.5 Å². The van der Waals surface area contributed by atoms with Crippen molar-refractivity contribution >= 4 is 0 Å². The highest BCUT2D eigenvalue weighted by Crippen LogP contribution is 2.31. The fourth-order valence-electron chi connectivity index (χ4n) is 3.02. The Balaban J connectivity index is 1.75. The van der Waals surface area contributed by atoms with Crippen LogP contribution in [0.5, 0.6) is 0 Å². The molecule has 0 aromatic heterocycles. The van der Waals surface area contributed by atoms with Crippen molar-refractivity contribution in [1.82, 2.24) is 4.90 Å². The lowest BCUT2D eigenvalue weighted by Crippen LogP contribution is -2.33. The predicted octanol–water partition coefficient (Wildman–Crippen LogP) is 3.55. The van der Waals surface area contributed by atoms with Crippen LogP contribution in [0.3, 0.4) is 0 Å². The number of aliphatic hydroxyl groups is 1. The third-order valence-electron chi connectivity index (χ3n) is 4.20. The summed E-state index contributed by atoms with van der Waals surface area (Å²) >= 11 is 0. The van der Waals surface area contributed by atoms with E-state index in [0.29, 0.717) is 0 Å². The lowest BCUT2D eigenvalue weighted by atomic mass is 9.84. The lowest BCUT2D eigenvalue weighted by molar-refractivity contribution is 0.165. The molecule has 0 spiro atoms. The molecule has 3 heteroatoms. The second-order valence-corrected chi connectivity index (χ2v) is 5.78. The molecule has 2 atom stereocenters. The molecule has 2 aromatic rings. The SMILES string of the molecule is OCC1CN(Cc2ccccc2)C=CC1c1ccc(F)cc1. The average molecular weight is 297 g/mol. The molecule has 2 unspecified atom stereocenters. The number of hydrogen-bond acceptors (Lipinski definition) is 2. The van der Waals surface area contributed by atoms with E-state index in [4.69, 9.17) is 0 Å². The molecule has 114 valence electrons. The molecule has 2 aromatic carbocycles. The molecule has 0 radical (unpaired) electrons. The van der Waals surface area contributed by atoms with Crippen molar-refractivity contribution in [2.24, 2.45) is 5.92 Å². The molecule has 0 amide bonds. The van der Waals surface area contributed by atoms with Crippen LogP contribution in [0.4, 0.5) is 4.39 Å². The molecule has 0 bridgehead atoms. The Labute approximate surface area is 130 Å². The van der Waals surface area contributed by atoms with Gasteiger partial charge in [-0.25, -0.2) is 4.39 Å². The first kappa shape index (κ1) is 14.8. The number of allylic oxidation sites excluding steroid dienone is 1. The number of halogens is 1. The molecule has 1 heterocycles. The monoisotopic (exact) mass is 297 g/mol. The third-order valence-corrected chi connectivity index (χ3v) is 4.20. The van der Waals surface area contributed by atoms with Crippen molar-refractivity contribution in [3.8, 4) is 0 Å². The minimum absolute atomic E-state index is 0.123. The molecule has 2 nitrogen and oxygen atoms in total. The van der Waals surface area contributed by atoms with Gasteiger partial charge in [0.05, 0.1) is 0 Å². The molecule has 0 saturated carbocycles. The van der Waals surface area contributed by atoms with Gasteiger partial charge in [0.2, 0.25) is 0 Å². The standard InChI is InChI=1S/C19H20FNO/c20-18-8-6-16(7-9-18)19-10-11-21(13-17(19)14-22)12-15-4-2-1-3-5-15/h1-11,17,19,22H,12-14H2. The average Bonchev–Trinajstić information content (AvgIpc) is 2.56. The second kappa shape index (κ2) is 6.75. The number of hydrogen-bond donors (Lipinski definition) is 1. The maximum atomic E-state index is 13.1. The van der Waals surface area contributed by atoms with E-state index in [1.54, 1.807) is 12.1 Å². The van der Waals surface area contributed by atoms with E-state index in [1.807, 2.05) is 18.2 Å². The lowest BCUT2D eigenvalue weighted by Gasteiger charge is -2.34. The van der Waals surface area contributed by atoms with Crippen molar-refractivity contribution in [3.05, 3.63) is 83.8 Å². The summed E-state index contributed by atoms with van der Waals surface area (Å²) in [7, 11) is 0. The van der Waals surface area contributed by atoms with Crippen molar-refractivity contribution in [1.29, 1.82) is 0 Å². The van der Waals surface area contributed by atoms with Gasteiger partial charge in [0, 0.05) is 31.5 Å². The Morgan fingerprint density at radius 3 is 2.45 bits per heavy atom. The van der Waals surface area contributed by atoms with Crippen LogP contribution in [-0.4, -0.2) is 23.2 Å². The van der Waals surface area contributed by atoms with Gasteiger partial charge in [-0.2, -0.15) is 0 Å². The summed E-state index contributed by atoms with van der Waals surface area (Å²) in [4.78, 5) is 2.22. The van der Waals surface area contributed by atoms with Crippen LogP contribution >= 0.6 is 0 Å². The summed E-state index contributed by atoms with van der Waals surface area (Å²) in [5.41, 5.74) is 2.31. The van der Waals surface area contributed by atoms with Crippen molar-refractivity contribution < 1.29 is 9.50 Å². The van der Waals surface area contributed by atoms with E-state index in [1.165, 1.54) is 17.7 Å². The quantitative estimate of drug-likeness (QED) is 0.933. The van der Waals surface area contributed by atoms with Crippen LogP contribution in [0.2, 0.25) is 0 Å². The molecule has 1 N–H and O–H groups in total. The van der Waals surface area contributed by atoms with Gasteiger partial charge in [-0.05, 0) is 29.5 Å². The van der Waals surface area contributed by atoms with Gasteiger partial charge < -0.3 is 10.0 Å². The molecule has 1 aliphatic rings. The van der Waals surface area contributed by atoms with E-state index in [9.17, 15) is 9.50 Å². The highest BCUT2D eigenvalue weighted by Gasteiger charge is 2.25. The normalized spacial score (nSPS) is 21.1. The molecule has 3 rings (SSSR count). The minimum atomic E-state index is -0.227. The van der Waals surface area contributed by atoms with Crippen LogP contribution < -0.4 is 0 Å². The van der Waals surface area contributed by atoms with E-state index >= 15 is 0 Å². The van der Waals surface area contributed by atoms with Crippen LogP contribution in [0.1, 0.15) is 17.0 Å². The Morgan fingerprint density at radius 2 is 1.77 bits per heavy atom. The van der Waals surface area contributed by atoms with Gasteiger partial charge in [-0.3, -0.25) is 0 Å². The first-order valence-corrected chi connectivity index (χ1v) is 7.59. The topological polar surface area (TPSA) is 23.5 Å². The number of aliphatic hydroxyl groups excluding tert-OH is 1. The zero-order valence-corrected chi connectivity index (χ0v) is 12.4. The predicted molar refractivity (Wildman–Crippen MR) is 85.7 cm³/mol. The summed E-state index contributed by atoms with van der Waals surface area (Å²) in [6.07, 6.45) is 4.20. The molecule has 22 heavy (non-hydrogen) atoms. The van der Waals surface area contributed by atoms with E-state index in [0.717, 1.165) is 18.7 Å². The van der Waals surface area contributed by atoms with Gasteiger partial charge in [0.25, 0.3) is 0 Å². The highest BCUT2D eigenvalue weighted by atomic mass is 19.1. The summed E-state index contributed by atoms with van der Waals surface area (Å²) in [5.74, 6) is 0.0339. The minimum Gasteiger partial charge on any atom is -0.396 e. The second-order valence-electron chi connectivity index (χ2n) is 5.78. The summed E-state index contributed by atoms with van der Waals surface area (Å²) < 4.78 is 13.1. The Hall–Kier alpha value is -2.13. The van der Waals surface area contributed by atoms with E-state index < -0.39 is 0 Å². The van der Waals surface area contributed by atoms with Gasteiger partial charge >= 0.3 is 0 Å². The summed E-state index contributed by atoms with van der Waals surface area (Å²) in [6, 6.07) is 16.9. The van der Waals surface area contributed by atoms with Crippen LogP contribution in [0.25, 0.3) is 0 Å². The first-order chi connectivity index (χ1) is 10.8. The van der Waals surface area contributed by atoms with E-state index in [2.05, 4.69) is 29.3 Å². The van der Waals surface area contributed by atoms with Gasteiger partial charge in [-0.15, -0.1) is 0 Å². The fraction of sp³-hybridized carbons (Fsp3) is 0.263. The first-order valence-electron chi connectivity index (χ1n) is 7.59. The van der Waals surface area contributed by atoms with Gasteiger partial charge in [-0.1, -0.05) is 48.5 Å². The van der Waals surface area contributed by atoms with Crippen LogP contribution in [0.15, 0.2) is 66.9 Å². The molecule has 1 aliphatic heterocycles. The molecule has 0 aliphatic carbocycles. The summed E-state index contributed by atoms with van der Waals surface area (Å²) in [6.45, 7) is 1.76. The molecular weight excluding hydrogens is 277 g/mol. The molecular formula is C19H20FNO. The Morgan fingerprint density at radius 1 is 1.05 bits per heavy atom. The maximum absolute atomic E-state index is 13.1. The van der Waals surface area contributed by atoms with Gasteiger partial charge in [0.15, 0.2) is 0 Å². The zero-order chi connectivity index (χ0) is 15.4. The van der Waals surface area contributed by atoms with E-state index in [-0.39, 0.29) is 24.3 Å². The smallest absolute Gasteiger partial charge is 0.123 e. The zero-order valence-electron chi connectivity index (χ0n) is 12.4. The third kappa shape index (κ3) is 3.37. The number of nitrogens with zero attached hydrogens (tertiary/aromatic N) is 1. The Kier molecular flexibility index (Phi) is 4.54. The fourth-order valence-corrected chi connectivity index (χ4v) is 3.02.